The summed E-state index contributed by atoms with van der Waals surface area (Å²) in [5.41, 5.74) is 3.12. The van der Waals surface area contributed by atoms with Gasteiger partial charge in [-0.25, -0.2) is 0 Å². The van der Waals surface area contributed by atoms with E-state index < -0.39 is 0 Å². The smallest absolute Gasteiger partial charge is 0.248 e. The van der Waals surface area contributed by atoms with Gasteiger partial charge in [-0.3, -0.25) is 4.79 Å². The van der Waals surface area contributed by atoms with Crippen molar-refractivity contribution in [3.8, 4) is 11.5 Å². The topological polar surface area (TPSA) is 60.7 Å². The van der Waals surface area contributed by atoms with Crippen molar-refractivity contribution in [1.82, 2.24) is 0 Å². The van der Waals surface area contributed by atoms with E-state index in [0.29, 0.717) is 34.1 Å². The third kappa shape index (κ3) is 4.83. The van der Waals surface area contributed by atoms with E-state index in [9.17, 15) is 4.79 Å². The summed E-state index contributed by atoms with van der Waals surface area (Å²) in [5, 5.41) is 3.76. The first-order valence-corrected chi connectivity index (χ1v) is 10.4. The highest BCUT2D eigenvalue weighted by Gasteiger charge is 2.14. The average Bonchev–Trinajstić information content (AvgIpc) is 3.25. The van der Waals surface area contributed by atoms with Crippen molar-refractivity contribution in [2.45, 2.75) is 20.0 Å². The quantitative estimate of drug-likeness (QED) is 0.337. The van der Waals surface area contributed by atoms with Crippen LogP contribution in [0.4, 0.5) is 5.69 Å². The summed E-state index contributed by atoms with van der Waals surface area (Å²) < 4.78 is 17.5. The molecule has 0 saturated carbocycles. The Morgan fingerprint density at radius 2 is 1.78 bits per heavy atom. The molecule has 32 heavy (non-hydrogen) atoms. The van der Waals surface area contributed by atoms with E-state index >= 15 is 0 Å². The summed E-state index contributed by atoms with van der Waals surface area (Å²) in [5.74, 6) is 1.71. The van der Waals surface area contributed by atoms with Crippen LogP contribution in [0.25, 0.3) is 16.5 Å². The fraction of sp³-hybridized carbons (Fsp3) is 0.148. The van der Waals surface area contributed by atoms with Crippen LogP contribution in [0, 0.1) is 0 Å². The van der Waals surface area contributed by atoms with Gasteiger partial charge in [-0.05, 0) is 49.2 Å². The molecule has 1 unspecified atom stereocenters. The summed E-state index contributed by atoms with van der Waals surface area (Å²) in [6.45, 7) is 3.85. The summed E-state index contributed by atoms with van der Waals surface area (Å²) in [4.78, 5) is 12.5. The minimum Gasteiger partial charge on any atom is -0.497 e. The molecule has 1 heterocycles. The van der Waals surface area contributed by atoms with Crippen LogP contribution in [0.15, 0.2) is 89.4 Å². The molecule has 0 bridgehead atoms. The summed E-state index contributed by atoms with van der Waals surface area (Å²) in [6, 6.07) is 25.0. The van der Waals surface area contributed by atoms with Gasteiger partial charge >= 0.3 is 0 Å². The van der Waals surface area contributed by atoms with Crippen LogP contribution in [-0.2, 0) is 4.79 Å². The van der Waals surface area contributed by atoms with Gasteiger partial charge in [0.05, 0.1) is 7.11 Å². The zero-order chi connectivity index (χ0) is 22.5. The van der Waals surface area contributed by atoms with Gasteiger partial charge in [0, 0.05) is 23.2 Å². The lowest BCUT2D eigenvalue weighted by molar-refractivity contribution is -0.111. The molecule has 162 valence electrons. The number of carbonyl (C=O) groups excluding carboxylic acids is 1. The Morgan fingerprint density at radius 3 is 2.56 bits per heavy atom. The van der Waals surface area contributed by atoms with Crippen molar-refractivity contribution in [2.24, 2.45) is 0 Å². The number of para-hydroxylation sites is 1. The number of furan rings is 1. The van der Waals surface area contributed by atoms with Gasteiger partial charge in [0.25, 0.3) is 0 Å². The standard InChI is InChI=1S/C27H25NO4/c1-18(15-26(29)28-22-12-8-13-23(17-22)30-3)25-16-21-11-7-14-24(27(21)32-25)31-19(2)20-9-5-4-6-10-20/h4-17,19H,1-3H3,(H,28,29)/b18-15-. The maximum absolute atomic E-state index is 12.5. The number of ether oxygens (including phenoxy) is 2. The SMILES string of the molecule is COc1cccc(NC(=O)/C=C(/C)c2cc3cccc(OC(C)c4ccccc4)c3o2)c1. The predicted octanol–water partition coefficient (Wildman–Crippen LogP) is 6.62. The van der Waals surface area contributed by atoms with Gasteiger partial charge < -0.3 is 19.2 Å². The van der Waals surface area contributed by atoms with E-state index in [0.717, 1.165) is 10.9 Å². The van der Waals surface area contributed by atoms with Crippen LogP contribution >= 0.6 is 0 Å². The molecule has 5 heteroatoms. The first-order valence-electron chi connectivity index (χ1n) is 10.4. The molecule has 1 amide bonds. The number of allylic oxidation sites excluding steroid dienone is 1. The van der Waals surface area contributed by atoms with E-state index in [1.165, 1.54) is 6.08 Å². The zero-order valence-corrected chi connectivity index (χ0v) is 18.3. The number of carbonyl (C=O) groups is 1. The van der Waals surface area contributed by atoms with Crippen LogP contribution in [0.3, 0.4) is 0 Å². The van der Waals surface area contributed by atoms with Crippen molar-refractivity contribution in [2.75, 3.05) is 12.4 Å². The maximum atomic E-state index is 12.5. The second-order valence-corrected chi connectivity index (χ2v) is 7.50. The Labute approximate surface area is 187 Å². The number of amides is 1. The fourth-order valence-electron chi connectivity index (χ4n) is 3.45. The van der Waals surface area contributed by atoms with Crippen molar-refractivity contribution in [3.05, 3.63) is 96.3 Å². The molecule has 1 N–H and O–H groups in total. The molecule has 0 spiro atoms. The van der Waals surface area contributed by atoms with Crippen molar-refractivity contribution in [1.29, 1.82) is 0 Å². The van der Waals surface area contributed by atoms with E-state index in [2.05, 4.69) is 5.32 Å². The van der Waals surface area contributed by atoms with Crippen LogP contribution in [0.5, 0.6) is 11.5 Å². The van der Waals surface area contributed by atoms with Gasteiger partial charge in [-0.1, -0.05) is 48.5 Å². The monoisotopic (exact) mass is 427 g/mol. The number of fused-ring (bicyclic) bond motifs is 1. The highest BCUT2D eigenvalue weighted by Crippen LogP contribution is 2.34. The lowest BCUT2D eigenvalue weighted by atomic mass is 10.1. The van der Waals surface area contributed by atoms with Crippen LogP contribution in [0.1, 0.15) is 31.3 Å². The molecule has 3 aromatic carbocycles. The summed E-state index contributed by atoms with van der Waals surface area (Å²) in [6.07, 6.45) is 1.39. The number of benzene rings is 3. The number of nitrogens with one attached hydrogen (secondary N) is 1. The molecule has 5 nitrogen and oxygen atoms in total. The van der Waals surface area contributed by atoms with Crippen molar-refractivity contribution in [3.63, 3.8) is 0 Å². The number of hydrogen-bond acceptors (Lipinski definition) is 4. The lowest BCUT2D eigenvalue weighted by Crippen LogP contribution is -2.08. The Hall–Kier alpha value is -3.99. The van der Waals surface area contributed by atoms with Gasteiger partial charge in [0.1, 0.15) is 17.6 Å². The third-order valence-corrected chi connectivity index (χ3v) is 5.15. The van der Waals surface area contributed by atoms with Gasteiger partial charge in [-0.15, -0.1) is 0 Å². The number of rotatable bonds is 7. The largest absolute Gasteiger partial charge is 0.497 e. The second-order valence-electron chi connectivity index (χ2n) is 7.50. The molecule has 0 aliphatic rings. The zero-order valence-electron chi connectivity index (χ0n) is 18.3. The van der Waals surface area contributed by atoms with Gasteiger partial charge in [0.2, 0.25) is 5.91 Å². The predicted molar refractivity (Wildman–Crippen MR) is 127 cm³/mol. The van der Waals surface area contributed by atoms with E-state index in [4.69, 9.17) is 13.9 Å². The maximum Gasteiger partial charge on any atom is 0.248 e. The van der Waals surface area contributed by atoms with E-state index in [-0.39, 0.29) is 12.0 Å². The molecule has 0 aliphatic carbocycles. The Morgan fingerprint density at radius 1 is 1.00 bits per heavy atom. The van der Waals surface area contributed by atoms with Gasteiger partial charge in [0.15, 0.2) is 11.3 Å². The first kappa shape index (κ1) is 21.2. The molecule has 1 aromatic heterocycles. The normalized spacial score (nSPS) is 12.4. The summed E-state index contributed by atoms with van der Waals surface area (Å²) in [7, 11) is 1.59. The van der Waals surface area contributed by atoms with Gasteiger partial charge in [-0.2, -0.15) is 0 Å². The molecule has 0 fully saturated rings. The molecular weight excluding hydrogens is 402 g/mol. The molecule has 0 saturated heterocycles. The van der Waals surface area contributed by atoms with Crippen LogP contribution < -0.4 is 14.8 Å². The van der Waals surface area contributed by atoms with E-state index in [1.54, 1.807) is 13.2 Å². The fourth-order valence-corrected chi connectivity index (χ4v) is 3.45. The highest BCUT2D eigenvalue weighted by atomic mass is 16.5. The molecule has 4 aromatic rings. The third-order valence-electron chi connectivity index (χ3n) is 5.15. The minimum absolute atomic E-state index is 0.124. The van der Waals surface area contributed by atoms with Crippen LogP contribution in [-0.4, -0.2) is 13.0 Å². The van der Waals surface area contributed by atoms with Crippen molar-refractivity contribution >= 4 is 28.1 Å². The Bertz CT molecular complexity index is 1260. The van der Waals surface area contributed by atoms with Crippen molar-refractivity contribution < 1.29 is 18.7 Å². The number of hydrogen-bond donors (Lipinski definition) is 1. The molecule has 1 atom stereocenters. The Balaban J connectivity index is 1.54. The number of anilines is 1. The van der Waals surface area contributed by atoms with E-state index in [1.807, 2.05) is 86.6 Å². The second kappa shape index (κ2) is 9.43. The molecular formula is C27H25NO4. The van der Waals surface area contributed by atoms with Crippen LogP contribution in [0.2, 0.25) is 0 Å². The molecule has 0 radical (unpaired) electrons. The molecule has 0 aliphatic heterocycles. The highest BCUT2D eigenvalue weighted by molar-refractivity contribution is 6.04. The average molecular weight is 428 g/mol. The lowest BCUT2D eigenvalue weighted by Gasteiger charge is -2.15. The first-order chi connectivity index (χ1) is 15.5. The Kier molecular flexibility index (Phi) is 6.26. The minimum atomic E-state index is -0.245. The number of methoxy groups -OCH3 is 1. The molecule has 4 rings (SSSR count). The summed E-state index contributed by atoms with van der Waals surface area (Å²) >= 11 is 0.